The van der Waals surface area contributed by atoms with Gasteiger partial charge in [0, 0.05) is 0 Å². The van der Waals surface area contributed by atoms with Gasteiger partial charge in [-0.2, -0.15) is 16.5 Å². The number of hydrogen-bond donors (Lipinski definition) is 3. The van der Waals surface area contributed by atoms with E-state index in [0.717, 1.165) is 6.07 Å². The lowest BCUT2D eigenvalue weighted by molar-refractivity contribution is -0.139. The van der Waals surface area contributed by atoms with E-state index in [1.54, 1.807) is 6.26 Å². The Morgan fingerprint density at radius 2 is 1.95 bits per heavy atom. The number of nitrogens with one attached hydrogen (secondary N) is 1. The zero-order chi connectivity index (χ0) is 16.9. The van der Waals surface area contributed by atoms with E-state index in [1.807, 2.05) is 0 Å². The van der Waals surface area contributed by atoms with Crippen LogP contribution in [0.1, 0.15) is 22.3 Å². The van der Waals surface area contributed by atoms with Crippen molar-refractivity contribution in [3.8, 4) is 0 Å². The first-order chi connectivity index (χ1) is 10.2. The molecular weight excluding hydrogens is 330 g/mol. The predicted octanol–water partition coefficient (Wildman–Crippen LogP) is 1.18. The number of carbonyl (C=O) groups is 2. The van der Waals surface area contributed by atoms with E-state index in [-0.39, 0.29) is 16.9 Å². The molecular formula is C13H17NO6S2. The third-order valence-corrected chi connectivity index (χ3v) is 5.19. The highest BCUT2D eigenvalue weighted by molar-refractivity contribution is 7.98. The normalized spacial score (nSPS) is 12.8. The van der Waals surface area contributed by atoms with Crippen LogP contribution in [0, 0.1) is 6.92 Å². The molecule has 1 aromatic rings. The Balaban J connectivity index is 3.15. The van der Waals surface area contributed by atoms with E-state index in [9.17, 15) is 18.0 Å². The molecule has 0 saturated carbocycles. The Labute approximate surface area is 132 Å². The van der Waals surface area contributed by atoms with E-state index < -0.39 is 28.0 Å². The lowest BCUT2D eigenvalue weighted by Gasteiger charge is -2.15. The number of aromatic carboxylic acids is 1. The minimum Gasteiger partial charge on any atom is -0.480 e. The average Bonchev–Trinajstić information content (AvgIpc) is 2.43. The molecule has 7 nitrogen and oxygen atoms in total. The van der Waals surface area contributed by atoms with Gasteiger partial charge in [0.1, 0.15) is 6.04 Å². The van der Waals surface area contributed by atoms with Crippen molar-refractivity contribution in [2.24, 2.45) is 0 Å². The summed E-state index contributed by atoms with van der Waals surface area (Å²) in [4.78, 5) is 21.9. The summed E-state index contributed by atoms with van der Waals surface area (Å²) in [5.41, 5.74) is 0.161. The summed E-state index contributed by atoms with van der Waals surface area (Å²) < 4.78 is 26.8. The van der Waals surface area contributed by atoms with Gasteiger partial charge in [-0.25, -0.2) is 13.2 Å². The number of aryl methyl sites for hydroxylation is 1. The smallest absolute Gasteiger partial charge is 0.335 e. The Morgan fingerprint density at radius 3 is 2.45 bits per heavy atom. The Kier molecular flexibility index (Phi) is 6.39. The van der Waals surface area contributed by atoms with Crippen molar-refractivity contribution in [2.45, 2.75) is 24.3 Å². The van der Waals surface area contributed by atoms with Crippen LogP contribution in [0.3, 0.4) is 0 Å². The molecule has 0 saturated heterocycles. The SMILES string of the molecule is CSCCC(NS(=O)(=O)c1cc(C(=O)O)ccc1C)C(=O)O. The van der Waals surface area contributed by atoms with Crippen molar-refractivity contribution in [3.05, 3.63) is 29.3 Å². The van der Waals surface area contributed by atoms with Gasteiger partial charge in [0.15, 0.2) is 0 Å². The van der Waals surface area contributed by atoms with Crippen LogP contribution in [-0.4, -0.2) is 48.6 Å². The van der Waals surface area contributed by atoms with Gasteiger partial charge in [-0.05, 0) is 43.0 Å². The minimum atomic E-state index is -4.13. The standard InChI is InChI=1S/C13H17NO6S2/c1-8-3-4-9(12(15)16)7-11(8)22(19,20)14-10(13(17)18)5-6-21-2/h3-4,7,10,14H,5-6H2,1-2H3,(H,15,16)(H,17,18). The first kappa shape index (κ1) is 18.5. The van der Waals surface area contributed by atoms with E-state index in [4.69, 9.17) is 10.2 Å². The van der Waals surface area contributed by atoms with Crippen LogP contribution in [0.4, 0.5) is 0 Å². The molecule has 0 fully saturated rings. The van der Waals surface area contributed by atoms with Gasteiger partial charge >= 0.3 is 11.9 Å². The second kappa shape index (κ2) is 7.61. The van der Waals surface area contributed by atoms with Crippen LogP contribution < -0.4 is 4.72 Å². The summed E-state index contributed by atoms with van der Waals surface area (Å²) in [6, 6.07) is 2.42. The number of thioether (sulfide) groups is 1. The first-order valence-electron chi connectivity index (χ1n) is 6.27. The van der Waals surface area contributed by atoms with Crippen molar-refractivity contribution in [3.63, 3.8) is 0 Å². The van der Waals surface area contributed by atoms with Crippen molar-refractivity contribution in [1.82, 2.24) is 4.72 Å². The fourth-order valence-electron chi connectivity index (χ4n) is 1.74. The molecule has 0 aliphatic carbocycles. The molecule has 3 N–H and O–H groups in total. The highest BCUT2D eigenvalue weighted by atomic mass is 32.2. The molecule has 0 aliphatic heterocycles. The number of aliphatic carboxylic acids is 1. The fourth-order valence-corrected chi connectivity index (χ4v) is 3.71. The molecule has 122 valence electrons. The van der Waals surface area contributed by atoms with Crippen LogP contribution in [-0.2, 0) is 14.8 Å². The second-order valence-electron chi connectivity index (χ2n) is 4.58. The number of sulfonamides is 1. The van der Waals surface area contributed by atoms with Gasteiger partial charge in [0.25, 0.3) is 0 Å². The Bertz CT molecular complexity index is 671. The maximum atomic E-state index is 12.3. The van der Waals surface area contributed by atoms with Gasteiger partial charge in [-0.1, -0.05) is 6.07 Å². The maximum Gasteiger partial charge on any atom is 0.335 e. The summed E-state index contributed by atoms with van der Waals surface area (Å²) in [5, 5.41) is 18.0. The molecule has 0 spiro atoms. The lowest BCUT2D eigenvalue weighted by atomic mass is 10.1. The zero-order valence-corrected chi connectivity index (χ0v) is 13.7. The average molecular weight is 347 g/mol. The largest absolute Gasteiger partial charge is 0.480 e. The number of rotatable bonds is 8. The van der Waals surface area contributed by atoms with Crippen molar-refractivity contribution in [1.29, 1.82) is 0 Å². The van der Waals surface area contributed by atoms with Gasteiger partial charge in [-0.15, -0.1) is 0 Å². The van der Waals surface area contributed by atoms with Crippen LogP contribution in [0.2, 0.25) is 0 Å². The Hall–Kier alpha value is -1.58. The monoisotopic (exact) mass is 347 g/mol. The van der Waals surface area contributed by atoms with Crippen LogP contribution >= 0.6 is 11.8 Å². The highest BCUT2D eigenvalue weighted by Crippen LogP contribution is 2.18. The summed E-state index contributed by atoms with van der Waals surface area (Å²) in [6.07, 6.45) is 1.92. The molecule has 22 heavy (non-hydrogen) atoms. The maximum absolute atomic E-state index is 12.3. The van der Waals surface area contributed by atoms with Crippen molar-refractivity contribution < 1.29 is 28.2 Å². The summed E-state index contributed by atoms with van der Waals surface area (Å²) in [7, 11) is -4.13. The highest BCUT2D eigenvalue weighted by Gasteiger charge is 2.26. The molecule has 0 bridgehead atoms. The van der Waals surface area contributed by atoms with E-state index >= 15 is 0 Å². The summed E-state index contributed by atoms with van der Waals surface area (Å²) >= 11 is 1.40. The number of hydrogen-bond acceptors (Lipinski definition) is 5. The molecule has 0 aliphatic rings. The zero-order valence-electron chi connectivity index (χ0n) is 12.1. The summed E-state index contributed by atoms with van der Waals surface area (Å²) in [5.74, 6) is -2.05. The first-order valence-corrected chi connectivity index (χ1v) is 9.14. The van der Waals surface area contributed by atoms with E-state index in [2.05, 4.69) is 4.72 Å². The predicted molar refractivity (Wildman–Crippen MR) is 82.9 cm³/mol. The van der Waals surface area contributed by atoms with Crippen LogP contribution in [0.15, 0.2) is 23.1 Å². The van der Waals surface area contributed by atoms with Crippen LogP contribution in [0.5, 0.6) is 0 Å². The summed E-state index contributed by atoms with van der Waals surface area (Å²) in [6.45, 7) is 1.51. The second-order valence-corrected chi connectivity index (χ2v) is 7.25. The van der Waals surface area contributed by atoms with Gasteiger partial charge in [0.2, 0.25) is 10.0 Å². The minimum absolute atomic E-state index is 0.132. The van der Waals surface area contributed by atoms with E-state index in [1.165, 1.54) is 30.8 Å². The van der Waals surface area contributed by atoms with E-state index in [0.29, 0.717) is 11.3 Å². The number of benzene rings is 1. The molecule has 9 heteroatoms. The van der Waals surface area contributed by atoms with Crippen molar-refractivity contribution >= 4 is 33.7 Å². The molecule has 0 aromatic heterocycles. The third kappa shape index (κ3) is 4.72. The molecule has 1 aromatic carbocycles. The number of carboxylic acids is 2. The molecule has 0 radical (unpaired) electrons. The topological polar surface area (TPSA) is 121 Å². The van der Waals surface area contributed by atoms with Gasteiger partial charge < -0.3 is 10.2 Å². The number of carboxylic acid groups (broad SMARTS) is 2. The third-order valence-electron chi connectivity index (χ3n) is 2.93. The fraction of sp³-hybridized carbons (Fsp3) is 0.385. The Morgan fingerprint density at radius 1 is 1.32 bits per heavy atom. The van der Waals surface area contributed by atoms with Crippen molar-refractivity contribution in [2.75, 3.05) is 12.0 Å². The molecule has 1 rings (SSSR count). The molecule has 0 heterocycles. The van der Waals surface area contributed by atoms with Gasteiger partial charge in [-0.3, -0.25) is 4.79 Å². The quantitative estimate of drug-likeness (QED) is 0.645. The molecule has 1 unspecified atom stereocenters. The lowest BCUT2D eigenvalue weighted by Crippen LogP contribution is -2.41. The molecule has 1 atom stereocenters. The van der Waals surface area contributed by atoms with Crippen LogP contribution in [0.25, 0.3) is 0 Å². The molecule has 0 amide bonds. The van der Waals surface area contributed by atoms with Gasteiger partial charge in [0.05, 0.1) is 10.5 Å².